The van der Waals surface area contributed by atoms with Crippen molar-refractivity contribution in [1.82, 2.24) is 4.90 Å². The van der Waals surface area contributed by atoms with Gasteiger partial charge in [0.05, 0.1) is 6.10 Å². The lowest BCUT2D eigenvalue weighted by Crippen LogP contribution is -2.43. The van der Waals surface area contributed by atoms with Gasteiger partial charge in [0.25, 0.3) is 0 Å². The highest BCUT2D eigenvalue weighted by Crippen LogP contribution is 2.32. The Morgan fingerprint density at radius 2 is 1.71 bits per heavy atom. The van der Waals surface area contributed by atoms with E-state index < -0.39 is 0 Å². The second kappa shape index (κ2) is 5.85. The van der Waals surface area contributed by atoms with Gasteiger partial charge in [-0.25, -0.2) is 0 Å². The van der Waals surface area contributed by atoms with Crippen LogP contribution in [0.15, 0.2) is 0 Å². The summed E-state index contributed by atoms with van der Waals surface area (Å²) in [6.07, 6.45) is 7.21. The first-order valence-electron chi connectivity index (χ1n) is 7.17. The molecule has 0 atom stereocenters. The largest absolute Gasteiger partial charge is 0.393 e. The summed E-state index contributed by atoms with van der Waals surface area (Å²) < 4.78 is 0. The van der Waals surface area contributed by atoms with Crippen molar-refractivity contribution in [3.63, 3.8) is 0 Å². The summed E-state index contributed by atoms with van der Waals surface area (Å²) in [6, 6.07) is 0. The molecule has 17 heavy (non-hydrogen) atoms. The highest BCUT2D eigenvalue weighted by atomic mass is 16.3. The van der Waals surface area contributed by atoms with Crippen molar-refractivity contribution >= 4 is 5.91 Å². The summed E-state index contributed by atoms with van der Waals surface area (Å²) in [5, 5.41) is 9.45. The van der Waals surface area contributed by atoms with Gasteiger partial charge in [-0.15, -0.1) is 0 Å². The molecule has 0 aromatic heterocycles. The van der Waals surface area contributed by atoms with Gasteiger partial charge in [-0.2, -0.15) is 0 Å². The quantitative estimate of drug-likeness (QED) is 0.802. The molecule has 3 heteroatoms. The molecule has 2 fully saturated rings. The molecule has 3 nitrogen and oxygen atoms in total. The van der Waals surface area contributed by atoms with Crippen molar-refractivity contribution in [3.8, 4) is 0 Å². The van der Waals surface area contributed by atoms with Gasteiger partial charge in [-0.1, -0.05) is 13.3 Å². The number of amides is 1. The predicted molar refractivity (Wildman–Crippen MR) is 67.6 cm³/mol. The zero-order valence-corrected chi connectivity index (χ0v) is 10.9. The van der Waals surface area contributed by atoms with E-state index in [1.54, 1.807) is 0 Å². The summed E-state index contributed by atoms with van der Waals surface area (Å²) in [5.74, 6) is 1.47. The fourth-order valence-corrected chi connectivity index (χ4v) is 3.16. The van der Waals surface area contributed by atoms with Crippen molar-refractivity contribution in [3.05, 3.63) is 0 Å². The molecular weight excluding hydrogens is 214 g/mol. The summed E-state index contributed by atoms with van der Waals surface area (Å²) in [4.78, 5) is 14.3. The number of hydrogen-bond acceptors (Lipinski definition) is 2. The van der Waals surface area contributed by atoms with E-state index in [0.717, 1.165) is 44.7 Å². The molecule has 1 saturated heterocycles. The number of aliphatic hydroxyl groups is 1. The molecule has 0 bridgehead atoms. The Morgan fingerprint density at radius 3 is 2.24 bits per heavy atom. The maximum absolute atomic E-state index is 12.3. The third-order valence-corrected chi connectivity index (χ3v) is 4.55. The summed E-state index contributed by atoms with van der Waals surface area (Å²) in [7, 11) is 0. The average molecular weight is 239 g/mol. The lowest BCUT2D eigenvalue weighted by atomic mass is 9.80. The molecule has 0 unspecified atom stereocenters. The fourth-order valence-electron chi connectivity index (χ4n) is 3.16. The zero-order valence-electron chi connectivity index (χ0n) is 10.9. The van der Waals surface area contributed by atoms with E-state index in [-0.39, 0.29) is 12.0 Å². The Labute approximate surface area is 104 Å². The number of rotatable bonds is 2. The third kappa shape index (κ3) is 3.21. The van der Waals surface area contributed by atoms with Gasteiger partial charge in [0.15, 0.2) is 0 Å². The van der Waals surface area contributed by atoms with Crippen molar-refractivity contribution in [2.45, 2.75) is 58.0 Å². The van der Waals surface area contributed by atoms with Crippen LogP contribution >= 0.6 is 0 Å². The molecule has 98 valence electrons. The van der Waals surface area contributed by atoms with E-state index in [2.05, 4.69) is 6.92 Å². The van der Waals surface area contributed by atoms with E-state index in [1.165, 1.54) is 19.3 Å². The molecule has 0 aromatic rings. The van der Waals surface area contributed by atoms with Gasteiger partial charge >= 0.3 is 0 Å². The molecule has 0 spiro atoms. The summed E-state index contributed by atoms with van der Waals surface area (Å²) in [5.41, 5.74) is 0. The monoisotopic (exact) mass is 239 g/mol. The topological polar surface area (TPSA) is 40.5 Å². The van der Waals surface area contributed by atoms with Gasteiger partial charge in [0, 0.05) is 19.0 Å². The van der Waals surface area contributed by atoms with Gasteiger partial charge in [0.1, 0.15) is 0 Å². The molecule has 1 amide bonds. The second-order valence-corrected chi connectivity index (χ2v) is 5.68. The second-order valence-electron chi connectivity index (χ2n) is 5.68. The van der Waals surface area contributed by atoms with Crippen molar-refractivity contribution in [1.29, 1.82) is 0 Å². The first kappa shape index (κ1) is 12.9. The number of likely N-dealkylation sites (tertiary alicyclic amines) is 1. The van der Waals surface area contributed by atoms with Crippen LogP contribution < -0.4 is 0 Å². The maximum atomic E-state index is 12.3. The number of piperidine rings is 1. The van der Waals surface area contributed by atoms with Crippen LogP contribution in [-0.4, -0.2) is 35.1 Å². The summed E-state index contributed by atoms with van der Waals surface area (Å²) >= 11 is 0. The number of carbonyl (C=O) groups excluding carboxylic acids is 1. The van der Waals surface area contributed by atoms with Gasteiger partial charge < -0.3 is 10.0 Å². The number of hydrogen-bond donors (Lipinski definition) is 1. The van der Waals surface area contributed by atoms with Crippen LogP contribution in [0.1, 0.15) is 51.9 Å². The Bertz CT molecular complexity index is 251. The van der Waals surface area contributed by atoms with Crippen LogP contribution in [0.25, 0.3) is 0 Å². The highest BCUT2D eigenvalue weighted by Gasteiger charge is 2.30. The lowest BCUT2D eigenvalue weighted by molar-refractivity contribution is -0.138. The predicted octanol–water partition coefficient (Wildman–Crippen LogP) is 2.19. The zero-order chi connectivity index (χ0) is 12.3. The molecular formula is C14H25NO2. The van der Waals surface area contributed by atoms with Crippen molar-refractivity contribution < 1.29 is 9.90 Å². The standard InChI is InChI=1S/C14H25NO2/c1-2-11-3-5-12(6-4-11)14(17)15-9-7-13(16)8-10-15/h11-13,16H,2-10H2,1H3. The fraction of sp³-hybridized carbons (Fsp3) is 0.929. The van der Waals surface area contributed by atoms with Crippen LogP contribution in [0.3, 0.4) is 0 Å². The minimum Gasteiger partial charge on any atom is -0.393 e. The first-order chi connectivity index (χ1) is 8.20. The van der Waals surface area contributed by atoms with Gasteiger partial charge in [0.2, 0.25) is 5.91 Å². The lowest BCUT2D eigenvalue weighted by Gasteiger charge is -2.35. The highest BCUT2D eigenvalue weighted by molar-refractivity contribution is 5.79. The molecule has 1 N–H and O–H groups in total. The number of carbonyl (C=O) groups is 1. The van der Waals surface area contributed by atoms with Crippen LogP contribution in [0.5, 0.6) is 0 Å². The van der Waals surface area contributed by atoms with E-state index in [1.807, 2.05) is 4.90 Å². The Hall–Kier alpha value is -0.570. The van der Waals surface area contributed by atoms with E-state index in [0.29, 0.717) is 5.91 Å². The number of nitrogens with zero attached hydrogens (tertiary/aromatic N) is 1. The smallest absolute Gasteiger partial charge is 0.225 e. The van der Waals surface area contributed by atoms with Gasteiger partial charge in [-0.3, -0.25) is 4.79 Å². The number of aliphatic hydroxyl groups excluding tert-OH is 1. The van der Waals surface area contributed by atoms with E-state index in [9.17, 15) is 9.90 Å². The average Bonchev–Trinajstić information content (AvgIpc) is 2.39. The molecule has 1 aliphatic heterocycles. The summed E-state index contributed by atoms with van der Waals surface area (Å²) in [6.45, 7) is 3.76. The van der Waals surface area contributed by atoms with Crippen LogP contribution in [-0.2, 0) is 4.79 Å². The molecule has 0 aromatic carbocycles. The first-order valence-corrected chi connectivity index (χ1v) is 7.17. The van der Waals surface area contributed by atoms with Crippen LogP contribution in [0.4, 0.5) is 0 Å². The van der Waals surface area contributed by atoms with Gasteiger partial charge in [-0.05, 0) is 44.4 Å². The molecule has 1 heterocycles. The Kier molecular flexibility index (Phi) is 4.43. The molecule has 1 saturated carbocycles. The molecule has 2 aliphatic rings. The van der Waals surface area contributed by atoms with E-state index >= 15 is 0 Å². The van der Waals surface area contributed by atoms with Crippen molar-refractivity contribution in [2.75, 3.05) is 13.1 Å². The normalized spacial score (nSPS) is 31.5. The van der Waals surface area contributed by atoms with Crippen molar-refractivity contribution in [2.24, 2.45) is 11.8 Å². The third-order valence-electron chi connectivity index (χ3n) is 4.55. The SMILES string of the molecule is CCC1CCC(C(=O)N2CCC(O)CC2)CC1. The Balaban J connectivity index is 1.80. The molecule has 2 rings (SSSR count). The minimum absolute atomic E-state index is 0.185. The van der Waals surface area contributed by atoms with Crippen LogP contribution in [0.2, 0.25) is 0 Å². The minimum atomic E-state index is -0.185. The van der Waals surface area contributed by atoms with E-state index in [4.69, 9.17) is 0 Å². The van der Waals surface area contributed by atoms with Crippen LogP contribution in [0, 0.1) is 11.8 Å². The molecule has 0 radical (unpaired) electrons. The molecule has 1 aliphatic carbocycles. The Morgan fingerprint density at radius 1 is 1.12 bits per heavy atom. The maximum Gasteiger partial charge on any atom is 0.225 e.